The van der Waals surface area contributed by atoms with Crippen molar-refractivity contribution < 1.29 is 0 Å². The van der Waals surface area contributed by atoms with Crippen LogP contribution in [0.3, 0.4) is 0 Å². The first kappa shape index (κ1) is 16.1. The quantitative estimate of drug-likeness (QED) is 0.801. The molecule has 0 aliphatic heterocycles. The summed E-state index contributed by atoms with van der Waals surface area (Å²) < 4.78 is 0. The van der Waals surface area contributed by atoms with E-state index in [1.165, 1.54) is 22.3 Å². The highest BCUT2D eigenvalue weighted by atomic mass is 35.5. The van der Waals surface area contributed by atoms with E-state index in [2.05, 4.69) is 56.4 Å². The molecule has 0 heterocycles. The fraction of sp³-hybridized carbons (Fsp3) is 0.368. The Kier molecular flexibility index (Phi) is 5.84. The van der Waals surface area contributed by atoms with Gasteiger partial charge in [0.25, 0.3) is 0 Å². The van der Waals surface area contributed by atoms with Crippen LogP contribution in [0.4, 0.5) is 0 Å². The molecule has 0 saturated heterocycles. The van der Waals surface area contributed by atoms with Gasteiger partial charge in [-0.2, -0.15) is 0 Å². The largest absolute Gasteiger partial charge is 0.316 e. The average molecular weight is 302 g/mol. The van der Waals surface area contributed by atoms with Crippen LogP contribution in [0, 0.1) is 13.8 Å². The van der Waals surface area contributed by atoms with Crippen molar-refractivity contribution >= 4 is 11.6 Å². The molecular formula is C19H24ClN. The molecule has 0 fully saturated rings. The van der Waals surface area contributed by atoms with Crippen LogP contribution < -0.4 is 5.32 Å². The van der Waals surface area contributed by atoms with Crippen LogP contribution in [-0.4, -0.2) is 13.1 Å². The molecule has 0 saturated carbocycles. The summed E-state index contributed by atoms with van der Waals surface area (Å²) in [5, 5.41) is 4.28. The van der Waals surface area contributed by atoms with Gasteiger partial charge in [0.1, 0.15) is 0 Å². The second-order valence-corrected chi connectivity index (χ2v) is 6.19. The molecule has 21 heavy (non-hydrogen) atoms. The van der Waals surface area contributed by atoms with E-state index in [-0.39, 0.29) is 0 Å². The molecule has 0 radical (unpaired) electrons. The lowest BCUT2D eigenvalue weighted by molar-refractivity contribution is 0.595. The lowest BCUT2D eigenvalue weighted by Gasteiger charge is -2.19. The van der Waals surface area contributed by atoms with E-state index in [4.69, 9.17) is 11.6 Å². The van der Waals surface area contributed by atoms with Crippen molar-refractivity contribution in [3.8, 4) is 0 Å². The number of aryl methyl sites for hydroxylation is 2. The lowest BCUT2D eigenvalue weighted by atomic mass is 9.90. The van der Waals surface area contributed by atoms with Crippen LogP contribution in [0.2, 0.25) is 5.02 Å². The highest BCUT2D eigenvalue weighted by Crippen LogP contribution is 2.23. The molecule has 1 atom stereocenters. The Balaban J connectivity index is 2.21. The van der Waals surface area contributed by atoms with Gasteiger partial charge in [0.05, 0.1) is 0 Å². The van der Waals surface area contributed by atoms with Crippen molar-refractivity contribution in [3.63, 3.8) is 0 Å². The molecule has 0 aliphatic carbocycles. The molecule has 0 amide bonds. The summed E-state index contributed by atoms with van der Waals surface area (Å²) in [6.45, 7) is 8.47. The predicted molar refractivity (Wildman–Crippen MR) is 92.4 cm³/mol. The van der Waals surface area contributed by atoms with Gasteiger partial charge < -0.3 is 5.32 Å². The summed E-state index contributed by atoms with van der Waals surface area (Å²) in [7, 11) is 0. The summed E-state index contributed by atoms with van der Waals surface area (Å²) in [6, 6.07) is 15.1. The molecular weight excluding hydrogens is 278 g/mol. The molecule has 1 N–H and O–H groups in total. The van der Waals surface area contributed by atoms with Crippen molar-refractivity contribution in [2.45, 2.75) is 33.1 Å². The Morgan fingerprint density at radius 1 is 1.00 bits per heavy atom. The highest BCUT2D eigenvalue weighted by molar-refractivity contribution is 6.30. The lowest BCUT2D eigenvalue weighted by Crippen LogP contribution is -2.22. The van der Waals surface area contributed by atoms with Crippen LogP contribution in [-0.2, 0) is 6.42 Å². The highest BCUT2D eigenvalue weighted by Gasteiger charge is 2.12. The Hall–Kier alpha value is -1.31. The van der Waals surface area contributed by atoms with E-state index >= 15 is 0 Å². The van der Waals surface area contributed by atoms with Gasteiger partial charge in [0, 0.05) is 17.5 Å². The number of hydrogen-bond acceptors (Lipinski definition) is 1. The fourth-order valence-corrected chi connectivity index (χ4v) is 2.96. The van der Waals surface area contributed by atoms with E-state index in [0.717, 1.165) is 24.5 Å². The van der Waals surface area contributed by atoms with E-state index in [1.54, 1.807) is 0 Å². The predicted octanol–water partition coefficient (Wildman–Crippen LogP) is 4.89. The Morgan fingerprint density at radius 3 is 2.19 bits per heavy atom. The average Bonchev–Trinajstić information content (AvgIpc) is 2.43. The zero-order valence-electron chi connectivity index (χ0n) is 13.1. The first-order chi connectivity index (χ1) is 10.1. The first-order valence-electron chi connectivity index (χ1n) is 7.62. The van der Waals surface area contributed by atoms with Gasteiger partial charge in [-0.05, 0) is 50.1 Å². The third-order valence-electron chi connectivity index (χ3n) is 3.75. The monoisotopic (exact) mass is 301 g/mol. The molecule has 2 aromatic carbocycles. The van der Waals surface area contributed by atoms with Crippen LogP contribution in [0.15, 0.2) is 42.5 Å². The number of benzene rings is 2. The van der Waals surface area contributed by atoms with Crippen molar-refractivity contribution in [3.05, 3.63) is 69.7 Å². The summed E-state index contributed by atoms with van der Waals surface area (Å²) in [5.41, 5.74) is 5.43. The van der Waals surface area contributed by atoms with Crippen molar-refractivity contribution in [2.24, 2.45) is 0 Å². The van der Waals surface area contributed by atoms with Gasteiger partial charge >= 0.3 is 0 Å². The zero-order valence-corrected chi connectivity index (χ0v) is 13.9. The molecule has 2 rings (SSSR count). The van der Waals surface area contributed by atoms with Crippen LogP contribution in [0.25, 0.3) is 0 Å². The SMILES string of the molecule is CCNCC(Cc1cc(C)cc(C)c1)c1ccc(Cl)cc1. The topological polar surface area (TPSA) is 12.0 Å². The Morgan fingerprint density at radius 2 is 1.62 bits per heavy atom. The second kappa shape index (κ2) is 7.63. The molecule has 0 bridgehead atoms. The third kappa shape index (κ3) is 4.87. The molecule has 2 heteroatoms. The molecule has 0 spiro atoms. The maximum absolute atomic E-state index is 6.01. The Labute approximate surface area is 133 Å². The molecule has 1 unspecified atom stereocenters. The van der Waals surface area contributed by atoms with Crippen molar-refractivity contribution in [2.75, 3.05) is 13.1 Å². The van der Waals surface area contributed by atoms with Crippen LogP contribution >= 0.6 is 11.6 Å². The van der Waals surface area contributed by atoms with E-state index in [1.807, 2.05) is 12.1 Å². The third-order valence-corrected chi connectivity index (χ3v) is 4.00. The minimum atomic E-state index is 0.475. The standard InChI is InChI=1S/C19H24ClN/c1-4-21-13-18(17-5-7-19(20)8-6-17)12-16-10-14(2)9-15(3)11-16/h5-11,18,21H,4,12-13H2,1-3H3. The summed E-state index contributed by atoms with van der Waals surface area (Å²) >= 11 is 6.01. The zero-order chi connectivity index (χ0) is 15.2. The maximum atomic E-state index is 6.01. The van der Waals surface area contributed by atoms with Crippen LogP contribution in [0.1, 0.15) is 35.1 Å². The van der Waals surface area contributed by atoms with Gasteiger partial charge in [0.15, 0.2) is 0 Å². The van der Waals surface area contributed by atoms with E-state index in [9.17, 15) is 0 Å². The van der Waals surface area contributed by atoms with Crippen LogP contribution in [0.5, 0.6) is 0 Å². The van der Waals surface area contributed by atoms with Gasteiger partial charge in [-0.1, -0.05) is 60.0 Å². The number of nitrogens with one attached hydrogen (secondary N) is 1. The normalized spacial score (nSPS) is 12.4. The minimum absolute atomic E-state index is 0.475. The van der Waals surface area contributed by atoms with Crippen molar-refractivity contribution in [1.82, 2.24) is 5.32 Å². The van der Waals surface area contributed by atoms with Gasteiger partial charge in [-0.15, -0.1) is 0 Å². The smallest absolute Gasteiger partial charge is 0.0406 e. The van der Waals surface area contributed by atoms with Crippen molar-refractivity contribution in [1.29, 1.82) is 0 Å². The number of hydrogen-bond donors (Lipinski definition) is 1. The molecule has 2 aromatic rings. The van der Waals surface area contributed by atoms with Gasteiger partial charge in [0.2, 0.25) is 0 Å². The van der Waals surface area contributed by atoms with Gasteiger partial charge in [-0.3, -0.25) is 0 Å². The molecule has 0 aromatic heterocycles. The molecule has 112 valence electrons. The summed E-state index contributed by atoms with van der Waals surface area (Å²) in [6.07, 6.45) is 1.05. The first-order valence-corrected chi connectivity index (χ1v) is 7.99. The minimum Gasteiger partial charge on any atom is -0.316 e. The van der Waals surface area contributed by atoms with E-state index in [0.29, 0.717) is 5.92 Å². The summed E-state index contributed by atoms with van der Waals surface area (Å²) in [5.74, 6) is 0.475. The Bertz CT molecular complexity index is 554. The molecule has 0 aliphatic rings. The number of halogens is 1. The second-order valence-electron chi connectivity index (χ2n) is 5.76. The number of likely N-dealkylation sites (N-methyl/N-ethyl adjacent to an activating group) is 1. The van der Waals surface area contributed by atoms with E-state index < -0.39 is 0 Å². The number of rotatable bonds is 6. The maximum Gasteiger partial charge on any atom is 0.0406 e. The summed E-state index contributed by atoms with van der Waals surface area (Å²) in [4.78, 5) is 0. The molecule has 1 nitrogen and oxygen atoms in total. The fourth-order valence-electron chi connectivity index (χ4n) is 2.83. The van der Waals surface area contributed by atoms with Gasteiger partial charge in [-0.25, -0.2) is 0 Å².